The van der Waals surface area contributed by atoms with Crippen LogP contribution in [0.25, 0.3) is 0 Å². The predicted molar refractivity (Wildman–Crippen MR) is 79.8 cm³/mol. The minimum atomic E-state index is -4.51. The van der Waals surface area contributed by atoms with E-state index in [1.54, 1.807) is 20.8 Å². The number of rotatable bonds is 2. The standard InChI is InChI=1S/C17H24F3NO3/c1-16(2,3)15(23)24-14-11-5-9-4-10(6-11)13(14)21(8-9)12(22)7-17(18,19)20/h9-11,13-14H,4-8H2,1-3H3/t9?,10-,11+,13?,14-/m0/s1. The van der Waals surface area contributed by atoms with Gasteiger partial charge in [-0.15, -0.1) is 0 Å². The first kappa shape index (κ1) is 17.5. The number of ether oxygens (including phenoxy) is 1. The first-order valence-corrected chi connectivity index (χ1v) is 8.53. The third-order valence-electron chi connectivity index (χ3n) is 5.50. The van der Waals surface area contributed by atoms with Crippen molar-refractivity contribution in [2.24, 2.45) is 23.2 Å². The van der Waals surface area contributed by atoms with Gasteiger partial charge in [0.15, 0.2) is 0 Å². The summed E-state index contributed by atoms with van der Waals surface area (Å²) in [5.41, 5.74) is -0.671. The Morgan fingerprint density at radius 1 is 1.08 bits per heavy atom. The molecular formula is C17H24F3NO3. The lowest BCUT2D eigenvalue weighted by atomic mass is 9.78. The molecule has 0 spiro atoms. The Labute approximate surface area is 139 Å². The number of piperidine rings is 1. The van der Waals surface area contributed by atoms with Gasteiger partial charge in [0.1, 0.15) is 12.5 Å². The van der Waals surface area contributed by atoms with Crippen molar-refractivity contribution in [1.29, 1.82) is 0 Å². The molecular weight excluding hydrogens is 323 g/mol. The number of esters is 1. The molecule has 0 radical (unpaired) electrons. The maximum Gasteiger partial charge on any atom is 0.397 e. The number of amides is 1. The minimum absolute atomic E-state index is 0.150. The molecule has 0 aromatic heterocycles. The maximum absolute atomic E-state index is 12.6. The lowest BCUT2D eigenvalue weighted by Gasteiger charge is -2.42. The molecule has 5 atom stereocenters. The van der Waals surface area contributed by atoms with E-state index in [9.17, 15) is 22.8 Å². The molecule has 0 N–H and O–H groups in total. The highest BCUT2D eigenvalue weighted by Gasteiger charge is 2.57. The van der Waals surface area contributed by atoms with E-state index in [1.807, 2.05) is 0 Å². The van der Waals surface area contributed by atoms with Gasteiger partial charge in [0.2, 0.25) is 5.91 Å². The van der Waals surface area contributed by atoms with Gasteiger partial charge in [-0.3, -0.25) is 9.59 Å². The molecule has 2 aliphatic carbocycles. The molecule has 3 rings (SSSR count). The molecule has 4 nitrogen and oxygen atoms in total. The molecule has 0 aromatic carbocycles. The van der Waals surface area contributed by atoms with E-state index in [0.717, 1.165) is 19.3 Å². The molecule has 3 aliphatic rings. The smallest absolute Gasteiger partial charge is 0.397 e. The molecule has 7 heteroatoms. The van der Waals surface area contributed by atoms with Crippen molar-refractivity contribution in [3.63, 3.8) is 0 Å². The van der Waals surface area contributed by atoms with Crippen molar-refractivity contribution in [2.45, 2.75) is 64.8 Å². The zero-order chi connectivity index (χ0) is 17.9. The van der Waals surface area contributed by atoms with Gasteiger partial charge in [-0.25, -0.2) is 0 Å². The third kappa shape index (κ3) is 3.26. The van der Waals surface area contributed by atoms with Crippen LogP contribution in [0.4, 0.5) is 13.2 Å². The Bertz CT molecular complexity index is 540. The van der Waals surface area contributed by atoms with Crippen molar-refractivity contribution >= 4 is 11.9 Å². The van der Waals surface area contributed by atoms with Crippen LogP contribution in [0, 0.1) is 23.2 Å². The van der Waals surface area contributed by atoms with Crippen molar-refractivity contribution in [2.75, 3.05) is 6.54 Å². The molecule has 1 amide bonds. The Hall–Kier alpha value is -1.27. The zero-order valence-electron chi connectivity index (χ0n) is 14.2. The normalized spacial score (nSPS) is 35.2. The maximum atomic E-state index is 12.6. The molecule has 0 aromatic rings. The van der Waals surface area contributed by atoms with E-state index in [-0.39, 0.29) is 23.7 Å². The van der Waals surface area contributed by atoms with Crippen LogP contribution in [0.1, 0.15) is 46.5 Å². The lowest BCUT2D eigenvalue weighted by molar-refractivity contribution is -0.173. The van der Waals surface area contributed by atoms with E-state index in [0.29, 0.717) is 6.54 Å². The second-order valence-corrected chi connectivity index (χ2v) is 8.54. The van der Waals surface area contributed by atoms with Crippen LogP contribution in [0.2, 0.25) is 0 Å². The number of nitrogens with zero attached hydrogens (tertiary/aromatic N) is 1. The number of carbonyl (C=O) groups is 2. The Kier molecular flexibility index (Phi) is 4.12. The first-order chi connectivity index (χ1) is 11.0. The average molecular weight is 347 g/mol. The molecule has 3 bridgehead atoms. The monoisotopic (exact) mass is 347 g/mol. The number of fused-ring (bicyclic) bond motifs is 2. The average Bonchev–Trinajstić information content (AvgIpc) is 2.57. The fraction of sp³-hybridized carbons (Fsp3) is 0.882. The van der Waals surface area contributed by atoms with Crippen molar-refractivity contribution in [3.8, 4) is 0 Å². The van der Waals surface area contributed by atoms with E-state index in [2.05, 4.69) is 0 Å². The number of halogens is 3. The summed E-state index contributed by atoms with van der Waals surface area (Å²) in [6.45, 7) is 5.61. The summed E-state index contributed by atoms with van der Waals surface area (Å²) in [6, 6.07) is -0.394. The van der Waals surface area contributed by atoms with Gasteiger partial charge in [0, 0.05) is 6.54 Å². The first-order valence-electron chi connectivity index (χ1n) is 8.53. The van der Waals surface area contributed by atoms with Crippen molar-refractivity contribution < 1.29 is 27.5 Å². The second kappa shape index (κ2) is 5.63. The summed E-state index contributed by atoms with van der Waals surface area (Å²) in [5.74, 6) is -0.708. The number of alkyl halides is 3. The Morgan fingerprint density at radius 3 is 2.29 bits per heavy atom. The zero-order valence-corrected chi connectivity index (χ0v) is 14.2. The van der Waals surface area contributed by atoms with Crippen LogP contribution in [0.3, 0.4) is 0 Å². The largest absolute Gasteiger partial charge is 0.459 e. The molecule has 136 valence electrons. The SMILES string of the molecule is CC(C)(C)C(=O)O[C@@H]1C2[C@H]3CC(C[C@@H]1C3)CN2C(=O)CC(F)(F)F. The summed E-state index contributed by atoms with van der Waals surface area (Å²) in [6.07, 6.45) is -3.84. The summed E-state index contributed by atoms with van der Waals surface area (Å²) in [4.78, 5) is 25.9. The minimum Gasteiger partial charge on any atom is -0.459 e. The van der Waals surface area contributed by atoms with Gasteiger partial charge in [0.05, 0.1) is 11.5 Å². The fourth-order valence-electron chi connectivity index (χ4n) is 4.62. The lowest BCUT2D eigenvalue weighted by Crippen LogP contribution is -2.54. The van der Waals surface area contributed by atoms with Crippen LogP contribution < -0.4 is 0 Å². The van der Waals surface area contributed by atoms with Crippen LogP contribution in [-0.2, 0) is 14.3 Å². The van der Waals surface area contributed by atoms with E-state index >= 15 is 0 Å². The summed E-state index contributed by atoms with van der Waals surface area (Å²) in [5, 5.41) is 0. The highest BCUT2D eigenvalue weighted by atomic mass is 19.4. The van der Waals surface area contributed by atoms with Gasteiger partial charge in [-0.05, 0) is 57.8 Å². The van der Waals surface area contributed by atoms with Crippen molar-refractivity contribution in [3.05, 3.63) is 0 Å². The second-order valence-electron chi connectivity index (χ2n) is 8.54. The molecule has 2 unspecified atom stereocenters. The molecule has 2 saturated carbocycles. The third-order valence-corrected chi connectivity index (χ3v) is 5.50. The molecule has 1 saturated heterocycles. The number of hydrogen-bond acceptors (Lipinski definition) is 3. The number of hydrogen-bond donors (Lipinski definition) is 0. The number of carbonyl (C=O) groups excluding carboxylic acids is 2. The fourth-order valence-corrected chi connectivity index (χ4v) is 4.62. The van der Waals surface area contributed by atoms with Crippen LogP contribution >= 0.6 is 0 Å². The Morgan fingerprint density at radius 2 is 1.71 bits per heavy atom. The van der Waals surface area contributed by atoms with E-state index in [4.69, 9.17) is 4.74 Å². The predicted octanol–water partition coefficient (Wildman–Crippen LogP) is 3.15. The van der Waals surface area contributed by atoms with Gasteiger partial charge >= 0.3 is 12.1 Å². The van der Waals surface area contributed by atoms with Gasteiger partial charge in [-0.1, -0.05) is 0 Å². The van der Waals surface area contributed by atoms with Gasteiger partial charge in [0.25, 0.3) is 0 Å². The summed E-state index contributed by atoms with van der Waals surface area (Å²) < 4.78 is 43.6. The Balaban J connectivity index is 1.81. The van der Waals surface area contributed by atoms with Crippen LogP contribution in [0.15, 0.2) is 0 Å². The highest BCUT2D eigenvalue weighted by Crippen LogP contribution is 2.52. The van der Waals surface area contributed by atoms with Crippen molar-refractivity contribution in [1.82, 2.24) is 4.90 Å². The molecule has 1 aliphatic heterocycles. The summed E-state index contributed by atoms with van der Waals surface area (Å²) in [7, 11) is 0. The topological polar surface area (TPSA) is 46.6 Å². The quantitative estimate of drug-likeness (QED) is 0.721. The van der Waals surface area contributed by atoms with Crippen LogP contribution in [-0.4, -0.2) is 41.6 Å². The van der Waals surface area contributed by atoms with Crippen LogP contribution in [0.5, 0.6) is 0 Å². The van der Waals surface area contributed by atoms with Gasteiger partial charge in [-0.2, -0.15) is 13.2 Å². The molecule has 1 heterocycles. The molecule has 3 fully saturated rings. The molecule has 24 heavy (non-hydrogen) atoms. The number of likely N-dealkylation sites (tertiary alicyclic amines) is 1. The van der Waals surface area contributed by atoms with E-state index < -0.39 is 36.1 Å². The highest BCUT2D eigenvalue weighted by molar-refractivity contribution is 5.78. The van der Waals surface area contributed by atoms with E-state index in [1.165, 1.54) is 4.90 Å². The summed E-state index contributed by atoms with van der Waals surface area (Å²) >= 11 is 0. The van der Waals surface area contributed by atoms with Gasteiger partial charge < -0.3 is 9.64 Å².